The summed E-state index contributed by atoms with van der Waals surface area (Å²) >= 11 is 0. The van der Waals surface area contributed by atoms with Crippen LogP contribution in [0.4, 0.5) is 4.79 Å². The van der Waals surface area contributed by atoms with E-state index < -0.39 is 0 Å². The van der Waals surface area contributed by atoms with Gasteiger partial charge in [-0.05, 0) is 56.8 Å². The molecule has 20 heavy (non-hydrogen) atoms. The number of primary amides is 1. The topological polar surface area (TPSA) is 55.6 Å². The van der Waals surface area contributed by atoms with Gasteiger partial charge in [0.05, 0.1) is 6.10 Å². The molecule has 0 heterocycles. The second-order valence-electron chi connectivity index (χ2n) is 6.92. The Morgan fingerprint density at radius 2 is 1.85 bits per heavy atom. The number of nitrogens with zero attached hydrogens (tertiary/aromatic N) is 1. The molecule has 0 spiro atoms. The van der Waals surface area contributed by atoms with Crippen LogP contribution in [0.2, 0.25) is 0 Å². The zero-order valence-electron chi connectivity index (χ0n) is 13.0. The van der Waals surface area contributed by atoms with E-state index in [1.165, 1.54) is 12.8 Å². The molecule has 0 unspecified atom stereocenters. The third-order valence-electron chi connectivity index (χ3n) is 4.58. The van der Waals surface area contributed by atoms with Crippen molar-refractivity contribution in [3.8, 4) is 0 Å². The summed E-state index contributed by atoms with van der Waals surface area (Å²) in [6.07, 6.45) is 8.35. The molecule has 2 N–H and O–H groups in total. The number of urea groups is 1. The van der Waals surface area contributed by atoms with Gasteiger partial charge in [-0.25, -0.2) is 4.79 Å². The predicted octanol–water partition coefficient (Wildman–Crippen LogP) is 3.15. The van der Waals surface area contributed by atoms with E-state index in [1.54, 1.807) is 0 Å². The van der Waals surface area contributed by atoms with Gasteiger partial charge in [0.1, 0.15) is 0 Å². The number of rotatable bonds is 7. The third kappa shape index (κ3) is 4.97. The number of carbonyl (C=O) groups excluding carboxylic acids is 1. The molecule has 0 aromatic rings. The molecule has 2 aliphatic carbocycles. The summed E-state index contributed by atoms with van der Waals surface area (Å²) in [5.41, 5.74) is 5.55. The van der Waals surface area contributed by atoms with Crippen LogP contribution in [0.25, 0.3) is 0 Å². The first-order valence-corrected chi connectivity index (χ1v) is 8.24. The largest absolute Gasteiger partial charge is 0.378 e. The van der Waals surface area contributed by atoms with E-state index in [4.69, 9.17) is 10.5 Å². The molecule has 2 saturated carbocycles. The molecular weight excluding hydrogens is 252 g/mol. The standard InChI is InChI=1S/C16H30N2O2/c1-12(2)9-10-18(16(17)19)14-5-7-15(8-6-14)20-11-13-3-4-13/h12-15H,3-11H2,1-2H3,(H2,17,19). The maximum atomic E-state index is 11.6. The van der Waals surface area contributed by atoms with Crippen LogP contribution >= 0.6 is 0 Å². The SMILES string of the molecule is CC(C)CCN(C(N)=O)C1CCC(OCC2CC2)CC1. The summed E-state index contributed by atoms with van der Waals surface area (Å²) in [6.45, 7) is 6.11. The molecule has 4 heteroatoms. The van der Waals surface area contributed by atoms with Crippen molar-refractivity contribution < 1.29 is 9.53 Å². The highest BCUT2D eigenvalue weighted by Crippen LogP contribution is 2.31. The molecule has 4 nitrogen and oxygen atoms in total. The van der Waals surface area contributed by atoms with E-state index in [0.29, 0.717) is 18.1 Å². The van der Waals surface area contributed by atoms with Crippen LogP contribution in [-0.2, 0) is 4.74 Å². The third-order valence-corrected chi connectivity index (χ3v) is 4.58. The molecule has 2 rings (SSSR count). The van der Waals surface area contributed by atoms with Gasteiger partial charge in [-0.3, -0.25) is 0 Å². The highest BCUT2D eigenvalue weighted by Gasteiger charge is 2.29. The smallest absolute Gasteiger partial charge is 0.315 e. The molecule has 0 aliphatic heterocycles. The second-order valence-corrected chi connectivity index (χ2v) is 6.92. The van der Waals surface area contributed by atoms with Gasteiger partial charge >= 0.3 is 6.03 Å². The van der Waals surface area contributed by atoms with Crippen molar-refractivity contribution in [1.29, 1.82) is 0 Å². The van der Waals surface area contributed by atoms with Gasteiger partial charge in [-0.15, -0.1) is 0 Å². The molecule has 2 fully saturated rings. The van der Waals surface area contributed by atoms with Crippen LogP contribution in [0.5, 0.6) is 0 Å². The summed E-state index contributed by atoms with van der Waals surface area (Å²) in [5, 5.41) is 0. The molecule has 2 amide bonds. The molecule has 0 atom stereocenters. The average Bonchev–Trinajstić information content (AvgIpc) is 3.21. The van der Waals surface area contributed by atoms with Gasteiger partial charge in [0, 0.05) is 19.2 Å². The van der Waals surface area contributed by atoms with E-state index >= 15 is 0 Å². The Bertz CT molecular complexity index is 308. The maximum absolute atomic E-state index is 11.6. The second kappa shape index (κ2) is 7.30. The highest BCUT2D eigenvalue weighted by molar-refractivity contribution is 5.72. The fourth-order valence-electron chi connectivity index (χ4n) is 2.95. The fourth-order valence-corrected chi connectivity index (χ4v) is 2.95. The maximum Gasteiger partial charge on any atom is 0.315 e. The lowest BCUT2D eigenvalue weighted by molar-refractivity contribution is 0.00694. The number of hydrogen-bond acceptors (Lipinski definition) is 2. The quantitative estimate of drug-likeness (QED) is 0.780. The number of ether oxygens (including phenoxy) is 1. The number of carbonyl (C=O) groups is 1. The summed E-state index contributed by atoms with van der Waals surface area (Å²) < 4.78 is 5.96. The van der Waals surface area contributed by atoms with Crippen LogP contribution in [-0.4, -0.2) is 36.2 Å². The Kier molecular flexibility index (Phi) is 5.70. The van der Waals surface area contributed by atoms with Gasteiger partial charge in [0.15, 0.2) is 0 Å². The Labute approximate surface area is 123 Å². The summed E-state index contributed by atoms with van der Waals surface area (Å²) in [7, 11) is 0. The number of amides is 2. The van der Waals surface area contributed by atoms with Gasteiger partial charge < -0.3 is 15.4 Å². The van der Waals surface area contributed by atoms with E-state index in [2.05, 4.69) is 13.8 Å². The summed E-state index contributed by atoms with van der Waals surface area (Å²) in [4.78, 5) is 13.5. The normalized spacial score (nSPS) is 26.8. The Morgan fingerprint density at radius 1 is 1.20 bits per heavy atom. The Balaban J connectivity index is 1.72. The lowest BCUT2D eigenvalue weighted by Gasteiger charge is -2.36. The molecule has 0 aromatic heterocycles. The molecule has 0 saturated heterocycles. The van der Waals surface area contributed by atoms with Crippen molar-refractivity contribution in [3.63, 3.8) is 0 Å². The monoisotopic (exact) mass is 282 g/mol. The number of hydrogen-bond donors (Lipinski definition) is 1. The van der Waals surface area contributed by atoms with Gasteiger partial charge in [-0.2, -0.15) is 0 Å². The zero-order valence-corrected chi connectivity index (χ0v) is 13.0. The zero-order chi connectivity index (χ0) is 14.5. The van der Waals surface area contributed by atoms with Crippen molar-refractivity contribution in [2.45, 2.75) is 70.9 Å². The van der Waals surface area contributed by atoms with Crippen LogP contribution in [0.1, 0.15) is 58.8 Å². The number of nitrogens with two attached hydrogens (primary N) is 1. The molecule has 0 bridgehead atoms. The van der Waals surface area contributed by atoms with E-state index in [0.717, 1.165) is 51.2 Å². The molecule has 0 aromatic carbocycles. The first-order chi connectivity index (χ1) is 9.56. The minimum absolute atomic E-state index is 0.256. The van der Waals surface area contributed by atoms with Crippen molar-refractivity contribution in [2.75, 3.05) is 13.2 Å². The van der Waals surface area contributed by atoms with Crippen LogP contribution < -0.4 is 5.73 Å². The van der Waals surface area contributed by atoms with Crippen LogP contribution in [0, 0.1) is 11.8 Å². The molecule has 0 radical (unpaired) electrons. The molecule has 2 aliphatic rings. The van der Waals surface area contributed by atoms with Crippen molar-refractivity contribution in [2.24, 2.45) is 17.6 Å². The Hall–Kier alpha value is -0.770. The lowest BCUT2D eigenvalue weighted by Crippen LogP contribution is -2.46. The van der Waals surface area contributed by atoms with Crippen LogP contribution in [0.3, 0.4) is 0 Å². The van der Waals surface area contributed by atoms with Gasteiger partial charge in [0.2, 0.25) is 0 Å². The highest BCUT2D eigenvalue weighted by atomic mass is 16.5. The summed E-state index contributed by atoms with van der Waals surface area (Å²) in [5.74, 6) is 1.44. The lowest BCUT2D eigenvalue weighted by atomic mass is 9.91. The van der Waals surface area contributed by atoms with Crippen molar-refractivity contribution in [1.82, 2.24) is 4.90 Å². The minimum atomic E-state index is -0.256. The Morgan fingerprint density at radius 3 is 2.35 bits per heavy atom. The van der Waals surface area contributed by atoms with Crippen LogP contribution in [0.15, 0.2) is 0 Å². The molecule has 116 valence electrons. The van der Waals surface area contributed by atoms with Crippen molar-refractivity contribution >= 4 is 6.03 Å². The van der Waals surface area contributed by atoms with E-state index in [9.17, 15) is 4.79 Å². The van der Waals surface area contributed by atoms with Gasteiger partial charge in [0.25, 0.3) is 0 Å². The molecular formula is C16H30N2O2. The van der Waals surface area contributed by atoms with E-state index in [-0.39, 0.29) is 6.03 Å². The van der Waals surface area contributed by atoms with E-state index in [1.807, 2.05) is 4.90 Å². The first-order valence-electron chi connectivity index (χ1n) is 8.24. The predicted molar refractivity (Wildman–Crippen MR) is 80.5 cm³/mol. The minimum Gasteiger partial charge on any atom is -0.378 e. The first kappa shape index (κ1) is 15.6. The average molecular weight is 282 g/mol. The van der Waals surface area contributed by atoms with Gasteiger partial charge in [-0.1, -0.05) is 13.8 Å². The fraction of sp³-hybridized carbons (Fsp3) is 0.938. The van der Waals surface area contributed by atoms with Crippen molar-refractivity contribution in [3.05, 3.63) is 0 Å². The summed E-state index contributed by atoms with van der Waals surface area (Å²) in [6, 6.07) is 0.0695.